The van der Waals surface area contributed by atoms with Crippen LogP contribution in [0.2, 0.25) is 5.02 Å². The van der Waals surface area contributed by atoms with Crippen molar-refractivity contribution in [1.82, 2.24) is 25.1 Å². The minimum absolute atomic E-state index is 0.246. The fourth-order valence-corrected chi connectivity index (χ4v) is 4.06. The van der Waals surface area contributed by atoms with Crippen molar-refractivity contribution in [2.45, 2.75) is 18.9 Å². The van der Waals surface area contributed by atoms with Gasteiger partial charge in [-0.2, -0.15) is 4.80 Å². The maximum Gasteiger partial charge on any atom is 0.214 e. The molecule has 1 fully saturated rings. The zero-order valence-electron chi connectivity index (χ0n) is 13.9. The topological polar surface area (TPSA) is 58.9 Å². The van der Waals surface area contributed by atoms with E-state index in [4.69, 9.17) is 23.8 Å². The highest BCUT2D eigenvalue weighted by atomic mass is 35.5. The molecule has 0 bridgehead atoms. The number of benzene rings is 1. The van der Waals surface area contributed by atoms with E-state index in [1.807, 2.05) is 41.8 Å². The lowest BCUT2D eigenvalue weighted by molar-refractivity contribution is 0.238. The molecule has 0 spiro atoms. The Morgan fingerprint density at radius 3 is 2.73 bits per heavy atom. The molecule has 0 unspecified atom stereocenters. The van der Waals surface area contributed by atoms with Crippen LogP contribution in [0.15, 0.2) is 41.8 Å². The zero-order chi connectivity index (χ0) is 17.9. The Kier molecular flexibility index (Phi) is 5.14. The highest BCUT2D eigenvalue weighted by molar-refractivity contribution is 7.80. The predicted molar refractivity (Wildman–Crippen MR) is 109 cm³/mol. The van der Waals surface area contributed by atoms with Gasteiger partial charge < -0.3 is 10.2 Å². The Morgan fingerprint density at radius 2 is 2.00 bits per heavy atom. The smallest absolute Gasteiger partial charge is 0.214 e. The van der Waals surface area contributed by atoms with Crippen LogP contribution < -0.4 is 5.32 Å². The number of likely N-dealkylation sites (tertiary alicyclic amines) is 1. The summed E-state index contributed by atoms with van der Waals surface area (Å²) in [7, 11) is 0. The van der Waals surface area contributed by atoms with E-state index in [2.05, 4.69) is 25.6 Å². The van der Waals surface area contributed by atoms with E-state index >= 15 is 0 Å². The molecule has 0 aliphatic carbocycles. The number of thiophene rings is 1. The van der Waals surface area contributed by atoms with Crippen LogP contribution in [0.3, 0.4) is 0 Å². The number of nitrogens with one attached hydrogen (secondary N) is 1. The summed E-state index contributed by atoms with van der Waals surface area (Å²) in [4.78, 5) is 4.95. The van der Waals surface area contributed by atoms with Crippen molar-refractivity contribution in [2.75, 3.05) is 18.4 Å². The van der Waals surface area contributed by atoms with E-state index in [0.717, 1.165) is 36.5 Å². The van der Waals surface area contributed by atoms with Crippen molar-refractivity contribution in [3.8, 4) is 10.7 Å². The molecule has 4 rings (SSSR count). The van der Waals surface area contributed by atoms with Gasteiger partial charge in [-0.15, -0.1) is 21.5 Å². The molecule has 26 heavy (non-hydrogen) atoms. The van der Waals surface area contributed by atoms with E-state index in [1.54, 1.807) is 16.1 Å². The third-order valence-corrected chi connectivity index (χ3v) is 5.92. The summed E-state index contributed by atoms with van der Waals surface area (Å²) in [6.45, 7) is 1.69. The molecule has 3 heterocycles. The molecule has 1 N–H and O–H groups in total. The minimum Gasteiger partial charge on any atom is -0.349 e. The van der Waals surface area contributed by atoms with Crippen molar-refractivity contribution in [3.05, 3.63) is 46.8 Å². The highest BCUT2D eigenvalue weighted by Crippen LogP contribution is 2.25. The summed E-state index contributed by atoms with van der Waals surface area (Å²) >= 11 is 13.3. The number of hydrogen-bond donors (Lipinski definition) is 1. The van der Waals surface area contributed by atoms with Crippen molar-refractivity contribution >= 4 is 46.0 Å². The van der Waals surface area contributed by atoms with Gasteiger partial charge in [0.2, 0.25) is 5.82 Å². The SMILES string of the molecule is S=C(Nc1ccccc1Cl)N1CCC(n2nnc(-c3cccs3)n2)CC1. The van der Waals surface area contributed by atoms with Gasteiger partial charge >= 0.3 is 0 Å². The summed E-state index contributed by atoms with van der Waals surface area (Å²) in [5, 5.41) is 19.6. The van der Waals surface area contributed by atoms with Crippen LogP contribution in [0.5, 0.6) is 0 Å². The molecule has 1 aliphatic heterocycles. The van der Waals surface area contributed by atoms with Gasteiger partial charge in [-0.3, -0.25) is 0 Å². The average Bonchev–Trinajstić information content (AvgIpc) is 3.35. The normalized spacial score (nSPS) is 15.2. The molecule has 1 aromatic carbocycles. The van der Waals surface area contributed by atoms with Crippen LogP contribution in [0.25, 0.3) is 10.7 Å². The quantitative estimate of drug-likeness (QED) is 0.663. The Bertz CT molecular complexity index is 886. The van der Waals surface area contributed by atoms with Crippen molar-refractivity contribution < 1.29 is 0 Å². The molecule has 3 aromatic rings. The van der Waals surface area contributed by atoms with Crippen LogP contribution >= 0.6 is 35.2 Å². The maximum absolute atomic E-state index is 6.19. The van der Waals surface area contributed by atoms with Crippen LogP contribution in [0.1, 0.15) is 18.9 Å². The number of halogens is 1. The van der Waals surface area contributed by atoms with Gasteiger partial charge in [-0.25, -0.2) is 0 Å². The monoisotopic (exact) mass is 404 g/mol. The highest BCUT2D eigenvalue weighted by Gasteiger charge is 2.24. The predicted octanol–water partition coefficient (Wildman–Crippen LogP) is 4.09. The van der Waals surface area contributed by atoms with Crippen molar-refractivity contribution in [2.24, 2.45) is 0 Å². The van der Waals surface area contributed by atoms with Crippen molar-refractivity contribution in [1.29, 1.82) is 0 Å². The maximum atomic E-state index is 6.19. The van der Waals surface area contributed by atoms with Gasteiger partial charge in [-0.1, -0.05) is 29.8 Å². The van der Waals surface area contributed by atoms with Gasteiger partial charge in [0.25, 0.3) is 0 Å². The molecule has 6 nitrogen and oxygen atoms in total. The van der Waals surface area contributed by atoms with E-state index < -0.39 is 0 Å². The lowest BCUT2D eigenvalue weighted by atomic mass is 10.1. The van der Waals surface area contributed by atoms with Gasteiger partial charge in [0, 0.05) is 13.1 Å². The van der Waals surface area contributed by atoms with Gasteiger partial charge in [0.1, 0.15) is 0 Å². The largest absolute Gasteiger partial charge is 0.349 e. The molecule has 1 aliphatic rings. The fraction of sp³-hybridized carbons (Fsp3) is 0.294. The molecule has 0 atom stereocenters. The Labute approximate surface area is 165 Å². The molecule has 0 saturated carbocycles. The number of hydrogen-bond acceptors (Lipinski definition) is 5. The average molecular weight is 405 g/mol. The molecule has 134 valence electrons. The van der Waals surface area contributed by atoms with Crippen LogP contribution in [-0.2, 0) is 0 Å². The summed E-state index contributed by atoms with van der Waals surface area (Å²) in [5.41, 5.74) is 0.833. The molecule has 2 aromatic heterocycles. The number of tetrazole rings is 1. The first-order valence-electron chi connectivity index (χ1n) is 8.34. The van der Waals surface area contributed by atoms with E-state index in [-0.39, 0.29) is 6.04 Å². The number of rotatable bonds is 3. The fourth-order valence-electron chi connectivity index (χ4n) is 2.94. The number of piperidine rings is 1. The number of aromatic nitrogens is 4. The Morgan fingerprint density at radius 1 is 1.19 bits per heavy atom. The second kappa shape index (κ2) is 7.69. The summed E-state index contributed by atoms with van der Waals surface area (Å²) < 4.78 is 0. The van der Waals surface area contributed by atoms with Gasteiger partial charge in [0.05, 0.1) is 21.6 Å². The first kappa shape index (κ1) is 17.4. The Balaban J connectivity index is 1.35. The standard InChI is InChI=1S/C17H17ClN6S2/c18-13-4-1-2-5-14(13)19-17(25)23-9-7-12(8-10-23)24-21-16(20-22-24)15-6-3-11-26-15/h1-6,11-12H,7-10H2,(H,19,25). The number of thiocarbonyl (C=S) groups is 1. The lowest BCUT2D eigenvalue weighted by Gasteiger charge is -2.33. The first-order valence-corrected chi connectivity index (χ1v) is 10.0. The summed E-state index contributed by atoms with van der Waals surface area (Å²) in [6, 6.07) is 11.9. The van der Waals surface area contributed by atoms with Crippen LogP contribution in [0, 0.1) is 0 Å². The van der Waals surface area contributed by atoms with Crippen molar-refractivity contribution in [3.63, 3.8) is 0 Å². The molecule has 0 radical (unpaired) electrons. The summed E-state index contributed by atoms with van der Waals surface area (Å²) in [5.74, 6) is 0.693. The second-order valence-electron chi connectivity index (χ2n) is 6.04. The molecular formula is C17H17ClN6S2. The van der Waals surface area contributed by atoms with Gasteiger partial charge in [0.15, 0.2) is 5.11 Å². The van der Waals surface area contributed by atoms with Crippen LogP contribution in [-0.4, -0.2) is 43.3 Å². The zero-order valence-corrected chi connectivity index (χ0v) is 16.3. The molecular weight excluding hydrogens is 388 g/mol. The second-order valence-corrected chi connectivity index (χ2v) is 7.78. The molecule has 9 heteroatoms. The number of nitrogens with zero attached hydrogens (tertiary/aromatic N) is 5. The Hall–Kier alpha value is -2.03. The summed E-state index contributed by atoms with van der Waals surface area (Å²) in [6.07, 6.45) is 1.84. The number of anilines is 1. The van der Waals surface area contributed by atoms with E-state index in [0.29, 0.717) is 16.0 Å². The van der Waals surface area contributed by atoms with Crippen LogP contribution in [0.4, 0.5) is 5.69 Å². The molecule has 0 amide bonds. The first-order chi connectivity index (χ1) is 12.7. The lowest BCUT2D eigenvalue weighted by Crippen LogP contribution is -2.41. The third-order valence-electron chi connectivity index (χ3n) is 4.36. The number of para-hydroxylation sites is 1. The minimum atomic E-state index is 0.246. The molecule has 1 saturated heterocycles. The van der Waals surface area contributed by atoms with Gasteiger partial charge in [-0.05, 0) is 53.9 Å². The van der Waals surface area contributed by atoms with E-state index in [1.165, 1.54) is 0 Å². The van der Waals surface area contributed by atoms with E-state index in [9.17, 15) is 0 Å². The third kappa shape index (κ3) is 3.72.